The van der Waals surface area contributed by atoms with Crippen molar-refractivity contribution in [2.24, 2.45) is 0 Å². The molecule has 0 atom stereocenters. The predicted octanol–water partition coefficient (Wildman–Crippen LogP) is 1.41. The number of rotatable bonds is 0. The fraction of sp³-hybridized carbons (Fsp3) is 0.111. The van der Waals surface area contributed by atoms with Crippen LogP contribution in [0.2, 0.25) is 0 Å². The molecule has 0 unspecified atom stereocenters. The van der Waals surface area contributed by atoms with Crippen molar-refractivity contribution in [3.63, 3.8) is 0 Å². The van der Waals surface area contributed by atoms with Gasteiger partial charge in [0, 0.05) is 5.56 Å². The lowest BCUT2D eigenvalue weighted by atomic mass is 10.0. The van der Waals surface area contributed by atoms with Crippen LogP contribution in [0.1, 0.15) is 21.5 Å². The summed E-state index contributed by atoms with van der Waals surface area (Å²) < 4.78 is 0. The van der Waals surface area contributed by atoms with Gasteiger partial charge in [0.1, 0.15) is 4.99 Å². The number of nitrogens with one attached hydrogen (secondary N) is 1. The molecule has 0 aliphatic carbocycles. The molecule has 0 radical (unpaired) electrons. The highest BCUT2D eigenvalue weighted by Crippen LogP contribution is 2.19. The summed E-state index contributed by atoms with van der Waals surface area (Å²) in [4.78, 5) is 11.8. The van der Waals surface area contributed by atoms with E-state index >= 15 is 0 Å². The Labute approximate surface area is 75.6 Å². The van der Waals surface area contributed by atoms with Crippen molar-refractivity contribution in [2.45, 2.75) is 6.92 Å². The number of fused-ring (bicyclic) bond motifs is 1. The first-order chi connectivity index (χ1) is 5.70. The van der Waals surface area contributed by atoms with Gasteiger partial charge in [0.2, 0.25) is 0 Å². The summed E-state index contributed by atoms with van der Waals surface area (Å²) in [5.41, 5.74) is 2.56. The predicted molar refractivity (Wildman–Crippen MR) is 50.3 cm³/mol. The van der Waals surface area contributed by atoms with Crippen LogP contribution in [-0.4, -0.2) is 10.9 Å². The zero-order valence-corrected chi connectivity index (χ0v) is 7.37. The van der Waals surface area contributed by atoms with Crippen molar-refractivity contribution in [3.8, 4) is 0 Å². The Hall–Kier alpha value is -1.22. The third-order valence-electron chi connectivity index (χ3n) is 1.97. The normalized spacial score (nSPS) is 14.4. The number of benzene rings is 1. The van der Waals surface area contributed by atoms with Gasteiger partial charge < -0.3 is 5.32 Å². The van der Waals surface area contributed by atoms with Gasteiger partial charge in [0.15, 0.2) is 0 Å². The molecule has 1 aromatic rings. The van der Waals surface area contributed by atoms with Crippen LogP contribution < -0.4 is 5.32 Å². The minimum atomic E-state index is -0.0758. The Morgan fingerprint density at radius 1 is 1.42 bits per heavy atom. The maximum Gasteiger partial charge on any atom is 0.257 e. The molecule has 60 valence electrons. The largest absolute Gasteiger partial charge is 0.312 e. The Morgan fingerprint density at radius 3 is 2.83 bits per heavy atom. The lowest BCUT2D eigenvalue weighted by molar-refractivity contribution is 0.0983. The molecule has 0 saturated heterocycles. The minimum Gasteiger partial charge on any atom is -0.312 e. The molecule has 0 aromatic heterocycles. The number of hydrogen-bond acceptors (Lipinski definition) is 2. The van der Waals surface area contributed by atoms with Gasteiger partial charge in [-0.3, -0.25) is 4.79 Å². The van der Waals surface area contributed by atoms with E-state index < -0.39 is 0 Å². The third kappa shape index (κ3) is 0.865. The maximum atomic E-state index is 11.3. The number of thiocarbonyl (C=S) groups is 1. The molecule has 1 heterocycles. The molecule has 0 saturated carbocycles. The van der Waals surface area contributed by atoms with Crippen LogP contribution in [0.4, 0.5) is 0 Å². The van der Waals surface area contributed by atoms with Crippen LogP contribution >= 0.6 is 12.2 Å². The molecule has 1 aromatic carbocycles. The third-order valence-corrected chi connectivity index (χ3v) is 2.29. The van der Waals surface area contributed by atoms with Gasteiger partial charge >= 0.3 is 0 Å². The van der Waals surface area contributed by atoms with Crippen LogP contribution in [-0.2, 0) is 0 Å². The average Bonchev–Trinajstić information content (AvgIpc) is 2.29. The second-order valence-corrected chi connectivity index (χ2v) is 3.19. The summed E-state index contributed by atoms with van der Waals surface area (Å²) >= 11 is 4.98. The minimum absolute atomic E-state index is 0.0758. The molecule has 1 aliphatic heterocycles. The van der Waals surface area contributed by atoms with E-state index in [1.165, 1.54) is 0 Å². The quantitative estimate of drug-likeness (QED) is 0.607. The molecule has 2 nitrogen and oxygen atoms in total. The van der Waals surface area contributed by atoms with Gasteiger partial charge in [-0.25, -0.2) is 0 Å². The van der Waals surface area contributed by atoms with E-state index in [-0.39, 0.29) is 5.91 Å². The molecule has 0 spiro atoms. The Kier molecular flexibility index (Phi) is 1.48. The monoisotopic (exact) mass is 177 g/mol. The molecular formula is C9H7NOS. The van der Waals surface area contributed by atoms with Gasteiger partial charge in [0.05, 0.1) is 5.56 Å². The molecule has 1 aliphatic rings. The van der Waals surface area contributed by atoms with Crippen molar-refractivity contribution >= 4 is 23.1 Å². The smallest absolute Gasteiger partial charge is 0.257 e. The summed E-state index contributed by atoms with van der Waals surface area (Å²) in [5.74, 6) is -0.0758. The van der Waals surface area contributed by atoms with Crippen LogP contribution in [0.25, 0.3) is 0 Å². The lowest BCUT2D eigenvalue weighted by Crippen LogP contribution is -2.19. The Morgan fingerprint density at radius 2 is 2.17 bits per heavy atom. The van der Waals surface area contributed by atoms with Crippen molar-refractivity contribution in [3.05, 3.63) is 34.9 Å². The van der Waals surface area contributed by atoms with Crippen LogP contribution in [0.15, 0.2) is 18.2 Å². The number of carbonyl (C=O) groups is 1. The highest BCUT2D eigenvalue weighted by Gasteiger charge is 2.24. The highest BCUT2D eigenvalue weighted by atomic mass is 32.1. The van der Waals surface area contributed by atoms with Crippen LogP contribution in [0, 0.1) is 6.92 Å². The van der Waals surface area contributed by atoms with E-state index in [0.717, 1.165) is 16.7 Å². The van der Waals surface area contributed by atoms with Gasteiger partial charge in [-0.05, 0) is 12.5 Å². The SMILES string of the molecule is Cc1cccc2c1C(=O)NC2=S. The molecule has 1 N–H and O–H groups in total. The van der Waals surface area contributed by atoms with Crippen LogP contribution in [0.3, 0.4) is 0 Å². The molecule has 2 rings (SSSR count). The van der Waals surface area contributed by atoms with E-state index in [2.05, 4.69) is 5.32 Å². The van der Waals surface area contributed by atoms with Gasteiger partial charge in [0.25, 0.3) is 5.91 Å². The van der Waals surface area contributed by atoms with Crippen molar-refractivity contribution in [1.29, 1.82) is 0 Å². The Balaban J connectivity index is 2.75. The van der Waals surface area contributed by atoms with Crippen molar-refractivity contribution < 1.29 is 4.79 Å². The molecule has 1 amide bonds. The summed E-state index contributed by atoms with van der Waals surface area (Å²) in [6.45, 7) is 1.91. The first kappa shape index (κ1) is 7.43. The first-order valence-corrected chi connectivity index (χ1v) is 4.06. The number of carbonyl (C=O) groups excluding carboxylic acids is 1. The van der Waals surface area contributed by atoms with E-state index in [4.69, 9.17) is 12.2 Å². The number of amides is 1. The average molecular weight is 177 g/mol. The van der Waals surface area contributed by atoms with Crippen molar-refractivity contribution in [1.82, 2.24) is 5.32 Å². The standard InChI is InChI=1S/C9H7NOS/c1-5-3-2-4-6-7(5)8(11)10-9(6)12/h2-4H,1H3,(H,10,11,12). The molecule has 0 bridgehead atoms. The van der Waals surface area contributed by atoms with Crippen molar-refractivity contribution in [2.75, 3.05) is 0 Å². The first-order valence-electron chi connectivity index (χ1n) is 3.65. The van der Waals surface area contributed by atoms with Gasteiger partial charge in [-0.15, -0.1) is 0 Å². The molecule has 3 heteroatoms. The fourth-order valence-corrected chi connectivity index (χ4v) is 1.65. The molecule has 0 fully saturated rings. The number of hydrogen-bond donors (Lipinski definition) is 1. The van der Waals surface area contributed by atoms with Gasteiger partial charge in [-0.1, -0.05) is 30.4 Å². The highest BCUT2D eigenvalue weighted by molar-refractivity contribution is 7.80. The lowest BCUT2D eigenvalue weighted by Gasteiger charge is -1.97. The summed E-state index contributed by atoms with van der Waals surface area (Å²) in [6.07, 6.45) is 0. The zero-order valence-electron chi connectivity index (χ0n) is 6.55. The fourth-order valence-electron chi connectivity index (χ4n) is 1.39. The topological polar surface area (TPSA) is 29.1 Å². The summed E-state index contributed by atoms with van der Waals surface area (Å²) in [7, 11) is 0. The summed E-state index contributed by atoms with van der Waals surface area (Å²) in [6, 6.07) is 5.68. The molecule has 12 heavy (non-hydrogen) atoms. The van der Waals surface area contributed by atoms with E-state index in [0.29, 0.717) is 4.99 Å². The zero-order chi connectivity index (χ0) is 8.72. The molecular weight excluding hydrogens is 170 g/mol. The van der Waals surface area contributed by atoms with Gasteiger partial charge in [-0.2, -0.15) is 0 Å². The Bertz CT molecular complexity index is 384. The maximum absolute atomic E-state index is 11.3. The van der Waals surface area contributed by atoms with E-state index in [1.54, 1.807) is 0 Å². The second kappa shape index (κ2) is 2.38. The second-order valence-electron chi connectivity index (χ2n) is 2.78. The number of aryl methyl sites for hydroxylation is 1. The van der Waals surface area contributed by atoms with E-state index in [9.17, 15) is 4.79 Å². The van der Waals surface area contributed by atoms with E-state index in [1.807, 2.05) is 25.1 Å². The van der Waals surface area contributed by atoms with Crippen LogP contribution in [0.5, 0.6) is 0 Å². The summed E-state index contributed by atoms with van der Waals surface area (Å²) in [5, 5.41) is 2.62.